The topological polar surface area (TPSA) is 69.8 Å². The summed E-state index contributed by atoms with van der Waals surface area (Å²) in [5, 5.41) is 13.2. The molecule has 1 aliphatic heterocycles. The number of aryl methyl sites for hydroxylation is 2. The number of carbonyl (C=O) groups is 1. The van der Waals surface area contributed by atoms with Crippen LogP contribution in [0.5, 0.6) is 0 Å². The molecule has 1 fully saturated rings. The second-order valence-corrected chi connectivity index (χ2v) is 4.77. The summed E-state index contributed by atoms with van der Waals surface area (Å²) >= 11 is 0. The highest BCUT2D eigenvalue weighted by Crippen LogP contribution is 2.19. The quantitative estimate of drug-likeness (QED) is 0.742. The molecular weight excluding hydrogens is 216 g/mol. The lowest BCUT2D eigenvalue weighted by atomic mass is 9.96. The summed E-state index contributed by atoms with van der Waals surface area (Å²) < 4.78 is 0. The van der Waals surface area contributed by atoms with Crippen LogP contribution in [0.3, 0.4) is 0 Å². The molecule has 94 valence electrons. The lowest BCUT2D eigenvalue weighted by Gasteiger charge is -2.22. The van der Waals surface area contributed by atoms with Gasteiger partial charge in [-0.15, -0.1) is 0 Å². The minimum Gasteiger partial charge on any atom is -0.323 e. The summed E-state index contributed by atoms with van der Waals surface area (Å²) in [6.45, 7) is 5.84. The van der Waals surface area contributed by atoms with E-state index in [-0.39, 0.29) is 5.91 Å². The third kappa shape index (κ3) is 3.06. The molecule has 3 N–H and O–H groups in total. The molecule has 1 unspecified atom stereocenters. The minimum atomic E-state index is 0.0892. The second-order valence-electron chi connectivity index (χ2n) is 4.77. The van der Waals surface area contributed by atoms with E-state index in [0.717, 1.165) is 36.6 Å². The van der Waals surface area contributed by atoms with E-state index in [0.29, 0.717) is 12.3 Å². The Morgan fingerprint density at radius 2 is 2.35 bits per heavy atom. The Labute approximate surface area is 101 Å². The van der Waals surface area contributed by atoms with Gasteiger partial charge in [-0.25, -0.2) is 0 Å². The molecule has 17 heavy (non-hydrogen) atoms. The average Bonchev–Trinajstić information content (AvgIpc) is 2.62. The number of aromatic nitrogens is 2. The summed E-state index contributed by atoms with van der Waals surface area (Å²) in [7, 11) is 0. The molecular formula is C12H20N4O. The standard InChI is InChI=1S/C12H20N4O/c1-8-12(9(2)16-15-8)14-11(17)6-10-4-3-5-13-7-10/h10,13H,3-7H2,1-2H3,(H,14,17)(H,15,16). The second kappa shape index (κ2) is 5.31. The van der Waals surface area contributed by atoms with Gasteiger partial charge in [-0.05, 0) is 45.7 Å². The van der Waals surface area contributed by atoms with Crippen LogP contribution in [0.2, 0.25) is 0 Å². The lowest BCUT2D eigenvalue weighted by Crippen LogP contribution is -2.32. The van der Waals surface area contributed by atoms with Crippen molar-refractivity contribution in [2.75, 3.05) is 18.4 Å². The first-order valence-corrected chi connectivity index (χ1v) is 6.19. The van der Waals surface area contributed by atoms with Gasteiger partial charge in [0.1, 0.15) is 0 Å². The Balaban J connectivity index is 1.88. The number of nitrogens with one attached hydrogen (secondary N) is 3. The van der Waals surface area contributed by atoms with Crippen LogP contribution in [0.1, 0.15) is 30.7 Å². The van der Waals surface area contributed by atoms with Gasteiger partial charge in [-0.2, -0.15) is 5.10 Å². The van der Waals surface area contributed by atoms with Gasteiger partial charge in [0.2, 0.25) is 5.91 Å². The van der Waals surface area contributed by atoms with Crippen LogP contribution >= 0.6 is 0 Å². The van der Waals surface area contributed by atoms with Gasteiger partial charge in [0.05, 0.1) is 17.1 Å². The Bertz CT molecular complexity index is 374. The number of hydrogen-bond donors (Lipinski definition) is 3. The molecule has 1 aromatic rings. The molecule has 0 aliphatic carbocycles. The van der Waals surface area contributed by atoms with Gasteiger partial charge >= 0.3 is 0 Å². The largest absolute Gasteiger partial charge is 0.323 e. The predicted molar refractivity (Wildman–Crippen MR) is 66.9 cm³/mol. The summed E-state index contributed by atoms with van der Waals surface area (Å²) in [5.41, 5.74) is 2.59. The molecule has 0 radical (unpaired) electrons. The maximum atomic E-state index is 11.9. The fraction of sp³-hybridized carbons (Fsp3) is 0.667. The number of aromatic amines is 1. The van der Waals surface area contributed by atoms with Gasteiger partial charge in [-0.1, -0.05) is 0 Å². The molecule has 0 saturated carbocycles. The summed E-state index contributed by atoms with van der Waals surface area (Å²) in [6.07, 6.45) is 2.91. The molecule has 1 amide bonds. The number of nitrogens with zero attached hydrogens (tertiary/aromatic N) is 1. The number of carbonyl (C=O) groups excluding carboxylic acids is 1. The van der Waals surface area contributed by atoms with Crippen molar-refractivity contribution in [2.24, 2.45) is 5.92 Å². The first-order chi connectivity index (χ1) is 8.16. The van der Waals surface area contributed by atoms with Crippen LogP contribution in [0.15, 0.2) is 0 Å². The summed E-state index contributed by atoms with van der Waals surface area (Å²) in [6, 6.07) is 0. The molecule has 0 aromatic carbocycles. The van der Waals surface area contributed by atoms with Crippen molar-refractivity contribution in [3.8, 4) is 0 Å². The van der Waals surface area contributed by atoms with Crippen molar-refractivity contribution in [2.45, 2.75) is 33.1 Å². The van der Waals surface area contributed by atoms with Crippen molar-refractivity contribution < 1.29 is 4.79 Å². The molecule has 1 aliphatic rings. The van der Waals surface area contributed by atoms with E-state index in [1.54, 1.807) is 0 Å². The van der Waals surface area contributed by atoms with Crippen LogP contribution < -0.4 is 10.6 Å². The highest BCUT2D eigenvalue weighted by Gasteiger charge is 2.18. The Morgan fingerprint density at radius 3 is 2.94 bits per heavy atom. The first-order valence-electron chi connectivity index (χ1n) is 6.19. The molecule has 2 heterocycles. The van der Waals surface area contributed by atoms with Crippen LogP contribution in [-0.4, -0.2) is 29.2 Å². The Morgan fingerprint density at radius 1 is 1.53 bits per heavy atom. The van der Waals surface area contributed by atoms with E-state index in [4.69, 9.17) is 0 Å². The van der Waals surface area contributed by atoms with Gasteiger partial charge in [0.15, 0.2) is 0 Å². The maximum absolute atomic E-state index is 11.9. The average molecular weight is 236 g/mol. The lowest BCUT2D eigenvalue weighted by molar-refractivity contribution is -0.117. The van der Waals surface area contributed by atoms with Gasteiger partial charge in [0, 0.05) is 6.42 Å². The Hall–Kier alpha value is -1.36. The number of rotatable bonds is 3. The van der Waals surface area contributed by atoms with E-state index in [1.807, 2.05) is 13.8 Å². The van der Waals surface area contributed by atoms with Crippen molar-refractivity contribution in [3.63, 3.8) is 0 Å². The van der Waals surface area contributed by atoms with Crippen LogP contribution in [-0.2, 0) is 4.79 Å². The zero-order chi connectivity index (χ0) is 12.3. The predicted octanol–water partition coefficient (Wildman–Crippen LogP) is 1.35. The number of hydrogen-bond acceptors (Lipinski definition) is 3. The molecule has 5 nitrogen and oxygen atoms in total. The fourth-order valence-electron chi connectivity index (χ4n) is 2.29. The number of amides is 1. The molecule has 1 aromatic heterocycles. The Kier molecular flexibility index (Phi) is 3.78. The zero-order valence-corrected chi connectivity index (χ0v) is 10.5. The smallest absolute Gasteiger partial charge is 0.224 e. The molecule has 1 atom stereocenters. The van der Waals surface area contributed by atoms with E-state index >= 15 is 0 Å². The van der Waals surface area contributed by atoms with Crippen LogP contribution in [0, 0.1) is 19.8 Å². The summed E-state index contributed by atoms with van der Waals surface area (Å²) in [5.74, 6) is 0.558. The molecule has 0 spiro atoms. The fourth-order valence-corrected chi connectivity index (χ4v) is 2.29. The SMILES string of the molecule is Cc1n[nH]c(C)c1NC(=O)CC1CCCNC1. The molecule has 0 bridgehead atoms. The third-order valence-electron chi connectivity index (χ3n) is 3.27. The molecule has 2 rings (SSSR count). The van der Waals surface area contributed by atoms with Gasteiger partial charge < -0.3 is 10.6 Å². The molecule has 1 saturated heterocycles. The minimum absolute atomic E-state index is 0.0892. The first kappa shape index (κ1) is 12.1. The van der Waals surface area contributed by atoms with Crippen LogP contribution in [0.4, 0.5) is 5.69 Å². The monoisotopic (exact) mass is 236 g/mol. The van der Waals surface area contributed by atoms with Crippen molar-refractivity contribution in [1.82, 2.24) is 15.5 Å². The highest BCUT2D eigenvalue weighted by atomic mass is 16.1. The van der Waals surface area contributed by atoms with E-state index in [9.17, 15) is 4.79 Å². The van der Waals surface area contributed by atoms with E-state index < -0.39 is 0 Å². The third-order valence-corrected chi connectivity index (χ3v) is 3.27. The zero-order valence-electron chi connectivity index (χ0n) is 10.5. The van der Waals surface area contributed by atoms with E-state index in [2.05, 4.69) is 20.8 Å². The maximum Gasteiger partial charge on any atom is 0.224 e. The molecule has 5 heteroatoms. The van der Waals surface area contributed by atoms with Crippen LogP contribution in [0.25, 0.3) is 0 Å². The number of piperidine rings is 1. The van der Waals surface area contributed by atoms with Gasteiger partial charge in [0.25, 0.3) is 0 Å². The van der Waals surface area contributed by atoms with Crippen molar-refractivity contribution >= 4 is 11.6 Å². The summed E-state index contributed by atoms with van der Waals surface area (Å²) in [4.78, 5) is 11.9. The van der Waals surface area contributed by atoms with Crippen molar-refractivity contribution in [3.05, 3.63) is 11.4 Å². The van der Waals surface area contributed by atoms with Crippen molar-refractivity contribution in [1.29, 1.82) is 0 Å². The number of H-pyrrole nitrogens is 1. The van der Waals surface area contributed by atoms with Gasteiger partial charge in [-0.3, -0.25) is 9.89 Å². The van der Waals surface area contributed by atoms with E-state index in [1.165, 1.54) is 6.42 Å². The highest BCUT2D eigenvalue weighted by molar-refractivity contribution is 5.92. The normalized spacial score (nSPS) is 20.2. The number of anilines is 1.